The van der Waals surface area contributed by atoms with Gasteiger partial charge in [0, 0.05) is 31.1 Å². The number of carbonyl (C=O) groups is 3. The molecule has 0 spiro atoms. The number of hydrogen-bond donors (Lipinski definition) is 2. The normalized spacial score (nSPS) is 18.0. The van der Waals surface area contributed by atoms with Gasteiger partial charge in [-0.2, -0.15) is 0 Å². The van der Waals surface area contributed by atoms with E-state index in [1.807, 2.05) is 13.8 Å². The average molecular weight is 395 g/mol. The Morgan fingerprint density at radius 3 is 2.52 bits per heavy atom. The highest BCUT2D eigenvalue weighted by molar-refractivity contribution is 6.30. The van der Waals surface area contributed by atoms with Gasteiger partial charge in [0.05, 0.1) is 5.69 Å². The van der Waals surface area contributed by atoms with Crippen LogP contribution in [0.2, 0.25) is 5.02 Å². The molecule has 0 radical (unpaired) electrons. The lowest BCUT2D eigenvalue weighted by atomic mass is 10.0. The number of nitrogens with zero attached hydrogens (tertiary/aromatic N) is 2. The lowest BCUT2D eigenvalue weighted by Gasteiger charge is -2.22. The first-order valence-corrected chi connectivity index (χ1v) is 9.48. The largest absolute Gasteiger partial charge is 0.346 e. The summed E-state index contributed by atoms with van der Waals surface area (Å²) >= 11 is 5.84. The molecule has 8 heteroatoms. The highest BCUT2D eigenvalue weighted by atomic mass is 35.5. The summed E-state index contributed by atoms with van der Waals surface area (Å²) < 4.78 is 0. The highest BCUT2D eigenvalue weighted by Gasteiger charge is 2.39. The molecule has 0 saturated carbocycles. The van der Waals surface area contributed by atoms with Gasteiger partial charge in [-0.1, -0.05) is 25.4 Å². The van der Waals surface area contributed by atoms with Gasteiger partial charge in [-0.3, -0.25) is 9.59 Å². The highest BCUT2D eigenvalue weighted by Crippen LogP contribution is 2.23. The van der Waals surface area contributed by atoms with Crippen LogP contribution in [-0.2, 0) is 9.59 Å². The number of halogens is 1. The summed E-state index contributed by atoms with van der Waals surface area (Å²) in [5.41, 5.74) is 6.46. The van der Waals surface area contributed by atoms with Crippen LogP contribution in [0.4, 0.5) is 10.5 Å². The van der Waals surface area contributed by atoms with Crippen LogP contribution < -0.4 is 16.0 Å². The van der Waals surface area contributed by atoms with Crippen LogP contribution >= 0.6 is 11.6 Å². The predicted octanol–water partition coefficient (Wildman–Crippen LogP) is 2.38. The van der Waals surface area contributed by atoms with Crippen LogP contribution in [-0.4, -0.2) is 48.4 Å². The van der Waals surface area contributed by atoms with E-state index in [0.717, 1.165) is 11.3 Å². The summed E-state index contributed by atoms with van der Waals surface area (Å²) in [6.07, 6.45) is 1.16. The quantitative estimate of drug-likeness (QED) is 0.661. The van der Waals surface area contributed by atoms with Crippen molar-refractivity contribution in [3.63, 3.8) is 0 Å². The molecule has 7 nitrogen and oxygen atoms in total. The topological polar surface area (TPSA) is 95.7 Å². The van der Waals surface area contributed by atoms with Gasteiger partial charge in [-0.05, 0) is 43.0 Å². The molecular weight excluding hydrogens is 368 g/mol. The Bertz CT molecular complexity index is 693. The van der Waals surface area contributed by atoms with Crippen LogP contribution in [0.3, 0.4) is 0 Å². The monoisotopic (exact) mass is 394 g/mol. The summed E-state index contributed by atoms with van der Waals surface area (Å²) in [6.45, 7) is 4.67. The molecule has 1 aliphatic heterocycles. The van der Waals surface area contributed by atoms with Gasteiger partial charge in [0.1, 0.15) is 6.04 Å². The number of benzene rings is 1. The van der Waals surface area contributed by atoms with Gasteiger partial charge in [-0.25, -0.2) is 9.69 Å². The van der Waals surface area contributed by atoms with E-state index in [4.69, 9.17) is 17.3 Å². The van der Waals surface area contributed by atoms with E-state index >= 15 is 0 Å². The molecule has 2 atom stereocenters. The minimum Gasteiger partial charge on any atom is -0.346 e. The summed E-state index contributed by atoms with van der Waals surface area (Å²) in [4.78, 5) is 39.7. The van der Waals surface area contributed by atoms with E-state index in [1.54, 1.807) is 36.2 Å². The molecule has 3 N–H and O–H groups in total. The SMILES string of the molecule is CC(C)C(N)CCN(C)C(=O)CCC1NC(=O)N(c2ccc(Cl)cc2)C1=O. The third-order valence-corrected chi connectivity index (χ3v) is 5.08. The van der Waals surface area contributed by atoms with Crippen molar-refractivity contribution >= 4 is 35.1 Å². The molecule has 1 aliphatic rings. The van der Waals surface area contributed by atoms with Crippen molar-refractivity contribution in [3.8, 4) is 0 Å². The van der Waals surface area contributed by atoms with Crippen LogP contribution in [0.1, 0.15) is 33.1 Å². The Kier molecular flexibility index (Phi) is 7.21. The smallest absolute Gasteiger partial charge is 0.329 e. The van der Waals surface area contributed by atoms with Crippen molar-refractivity contribution in [1.82, 2.24) is 10.2 Å². The van der Waals surface area contributed by atoms with Crippen molar-refractivity contribution in [2.24, 2.45) is 11.7 Å². The second kappa shape index (κ2) is 9.19. The van der Waals surface area contributed by atoms with Gasteiger partial charge in [-0.15, -0.1) is 0 Å². The molecule has 1 aromatic carbocycles. The second-order valence-electron chi connectivity index (χ2n) is 7.20. The van der Waals surface area contributed by atoms with Crippen molar-refractivity contribution in [3.05, 3.63) is 29.3 Å². The van der Waals surface area contributed by atoms with Gasteiger partial charge < -0.3 is 16.0 Å². The zero-order chi connectivity index (χ0) is 20.1. The predicted molar refractivity (Wildman–Crippen MR) is 106 cm³/mol. The molecule has 27 heavy (non-hydrogen) atoms. The van der Waals surface area contributed by atoms with Gasteiger partial charge in [0.25, 0.3) is 5.91 Å². The molecule has 4 amide bonds. The van der Waals surface area contributed by atoms with E-state index in [1.165, 1.54) is 0 Å². The number of amides is 4. The lowest BCUT2D eigenvalue weighted by molar-refractivity contribution is -0.130. The molecule has 148 valence electrons. The second-order valence-corrected chi connectivity index (χ2v) is 7.64. The fourth-order valence-corrected chi connectivity index (χ4v) is 2.95. The zero-order valence-electron chi connectivity index (χ0n) is 15.9. The molecule has 0 bridgehead atoms. The molecule has 1 heterocycles. The molecule has 1 fully saturated rings. The Hall–Kier alpha value is -2.12. The van der Waals surface area contributed by atoms with Crippen molar-refractivity contribution in [1.29, 1.82) is 0 Å². The van der Waals surface area contributed by atoms with Gasteiger partial charge in [0.15, 0.2) is 0 Å². The van der Waals surface area contributed by atoms with E-state index in [-0.39, 0.29) is 30.7 Å². The maximum absolute atomic E-state index is 12.5. The maximum Gasteiger partial charge on any atom is 0.329 e. The Labute approximate surface area is 164 Å². The molecule has 1 saturated heterocycles. The standard InChI is InChI=1S/C19H27ClN4O3/c1-12(2)15(21)10-11-23(3)17(25)9-8-16-18(26)24(19(27)22-16)14-6-4-13(20)5-7-14/h4-7,12,15-16H,8-11,21H2,1-3H3,(H,22,27). The van der Waals surface area contributed by atoms with Gasteiger partial charge >= 0.3 is 6.03 Å². The first-order valence-electron chi connectivity index (χ1n) is 9.10. The van der Waals surface area contributed by atoms with E-state index in [0.29, 0.717) is 23.2 Å². The number of imide groups is 1. The molecule has 0 aliphatic carbocycles. The number of nitrogens with two attached hydrogens (primary N) is 1. The number of hydrogen-bond acceptors (Lipinski definition) is 4. The summed E-state index contributed by atoms with van der Waals surface area (Å²) in [7, 11) is 1.73. The summed E-state index contributed by atoms with van der Waals surface area (Å²) in [5, 5.41) is 3.16. The third kappa shape index (κ3) is 5.43. The minimum absolute atomic E-state index is 0.0453. The van der Waals surface area contributed by atoms with Gasteiger partial charge in [0.2, 0.25) is 5.91 Å². The average Bonchev–Trinajstić information content (AvgIpc) is 2.91. The number of anilines is 1. The summed E-state index contributed by atoms with van der Waals surface area (Å²) in [6, 6.07) is 5.30. The summed E-state index contributed by atoms with van der Waals surface area (Å²) in [5.74, 6) is -0.0729. The van der Waals surface area contributed by atoms with Crippen LogP contribution in [0.25, 0.3) is 0 Å². The first-order chi connectivity index (χ1) is 12.7. The van der Waals surface area contributed by atoms with Crippen molar-refractivity contribution in [2.45, 2.75) is 45.2 Å². The van der Waals surface area contributed by atoms with Crippen molar-refractivity contribution < 1.29 is 14.4 Å². The first kappa shape index (κ1) is 21.2. The number of rotatable bonds is 8. The van der Waals surface area contributed by atoms with Crippen molar-refractivity contribution in [2.75, 3.05) is 18.5 Å². The molecule has 2 unspecified atom stereocenters. The Morgan fingerprint density at radius 1 is 1.30 bits per heavy atom. The minimum atomic E-state index is -0.705. The molecule has 0 aromatic heterocycles. The third-order valence-electron chi connectivity index (χ3n) is 4.83. The van der Waals surface area contributed by atoms with E-state index in [9.17, 15) is 14.4 Å². The molecule has 1 aromatic rings. The van der Waals surface area contributed by atoms with Crippen LogP contribution in [0.5, 0.6) is 0 Å². The van der Waals surface area contributed by atoms with E-state index in [2.05, 4.69) is 5.32 Å². The fraction of sp³-hybridized carbons (Fsp3) is 0.526. The maximum atomic E-state index is 12.5. The number of nitrogens with one attached hydrogen (secondary N) is 1. The van der Waals surface area contributed by atoms with Crippen LogP contribution in [0, 0.1) is 5.92 Å². The molecular formula is C19H27ClN4O3. The molecule has 2 rings (SSSR count). The fourth-order valence-electron chi connectivity index (χ4n) is 2.82. The van der Waals surface area contributed by atoms with E-state index < -0.39 is 12.1 Å². The lowest BCUT2D eigenvalue weighted by Crippen LogP contribution is -2.36. The zero-order valence-corrected chi connectivity index (χ0v) is 16.7. The van der Waals surface area contributed by atoms with Crippen LogP contribution in [0.15, 0.2) is 24.3 Å². The Balaban J connectivity index is 1.87. The number of urea groups is 1. The Morgan fingerprint density at radius 2 is 1.93 bits per heavy atom. The number of carbonyl (C=O) groups excluding carboxylic acids is 3.